The second-order valence-corrected chi connectivity index (χ2v) is 6.62. The van der Waals surface area contributed by atoms with Gasteiger partial charge in [-0.25, -0.2) is 15.4 Å². The molecule has 0 aliphatic carbocycles. The lowest BCUT2D eigenvalue weighted by molar-refractivity contribution is -0.118. The second-order valence-electron chi connectivity index (χ2n) is 6.62. The molecule has 0 aromatic carbocycles. The molecule has 4 rings (SSSR count). The average Bonchev–Trinajstić information content (AvgIpc) is 3.19. The van der Waals surface area contributed by atoms with Crippen molar-refractivity contribution in [3.63, 3.8) is 0 Å². The number of aromatic nitrogens is 3. The number of aromatic amines is 1. The molecular weight excluding hydrogens is 335 g/mol. The van der Waals surface area contributed by atoms with Crippen LogP contribution in [0.25, 0.3) is 22.3 Å². The first-order valence-corrected chi connectivity index (χ1v) is 8.44. The zero-order valence-electron chi connectivity index (χ0n) is 14.4. The highest BCUT2D eigenvalue weighted by Gasteiger charge is 2.34. The highest BCUT2D eigenvalue weighted by atomic mass is 19.1. The largest absolute Gasteiger partial charge is 0.339 e. The molecule has 0 radical (unpaired) electrons. The fourth-order valence-electron chi connectivity index (χ4n) is 3.07. The lowest BCUT2D eigenvalue weighted by Crippen LogP contribution is -2.41. The van der Waals surface area contributed by atoms with Crippen molar-refractivity contribution in [2.45, 2.75) is 25.9 Å². The van der Waals surface area contributed by atoms with Crippen molar-refractivity contribution in [3.05, 3.63) is 42.6 Å². The van der Waals surface area contributed by atoms with Gasteiger partial charge < -0.3 is 10.3 Å². The Labute approximate surface area is 149 Å². The summed E-state index contributed by atoms with van der Waals surface area (Å²) in [4.78, 5) is 23.7. The monoisotopic (exact) mass is 354 g/mol. The van der Waals surface area contributed by atoms with Gasteiger partial charge in [0.2, 0.25) is 11.9 Å². The quantitative estimate of drug-likeness (QED) is 0.541. The Morgan fingerprint density at radius 2 is 2.00 bits per heavy atom. The molecule has 1 amide bonds. The highest BCUT2D eigenvalue weighted by Crippen LogP contribution is 2.25. The molecule has 4 N–H and O–H groups in total. The molecular formula is C18H19FN6O. The van der Waals surface area contributed by atoms with Crippen molar-refractivity contribution >= 4 is 22.6 Å². The Bertz CT molecular complexity index is 954. The number of hydrazine groups is 1. The van der Waals surface area contributed by atoms with Gasteiger partial charge in [0, 0.05) is 28.9 Å². The van der Waals surface area contributed by atoms with Crippen LogP contribution in [0.1, 0.15) is 13.8 Å². The molecule has 4 heterocycles. The number of pyridine rings is 2. The van der Waals surface area contributed by atoms with E-state index in [0.717, 1.165) is 16.6 Å². The summed E-state index contributed by atoms with van der Waals surface area (Å²) >= 11 is 0. The molecule has 1 saturated heterocycles. The normalized spacial score (nSPS) is 22.7. The maximum atomic E-state index is 13.0. The predicted octanol–water partition coefficient (Wildman–Crippen LogP) is 2.20. The van der Waals surface area contributed by atoms with Crippen LogP contribution in [0.2, 0.25) is 0 Å². The third-order valence-electron chi connectivity index (χ3n) is 4.84. The SMILES string of the molecule is CC1NNC(C(=O)Nc2cnc3[nH]c(-c4ccc(F)nc4)cc3c2)C1C. The number of anilines is 1. The summed E-state index contributed by atoms with van der Waals surface area (Å²) in [5, 5.41) is 3.75. The fraction of sp³-hybridized carbons (Fsp3) is 0.278. The summed E-state index contributed by atoms with van der Waals surface area (Å²) in [6.45, 7) is 4.06. The van der Waals surface area contributed by atoms with Gasteiger partial charge in [0.05, 0.1) is 11.9 Å². The van der Waals surface area contributed by atoms with Gasteiger partial charge in [-0.3, -0.25) is 10.2 Å². The van der Waals surface area contributed by atoms with Gasteiger partial charge >= 0.3 is 0 Å². The number of H-pyrrole nitrogens is 1. The minimum Gasteiger partial charge on any atom is -0.339 e. The van der Waals surface area contributed by atoms with Crippen LogP contribution in [0.3, 0.4) is 0 Å². The van der Waals surface area contributed by atoms with Crippen LogP contribution in [0.15, 0.2) is 36.7 Å². The number of nitrogens with one attached hydrogen (secondary N) is 4. The van der Waals surface area contributed by atoms with E-state index >= 15 is 0 Å². The van der Waals surface area contributed by atoms with E-state index in [1.807, 2.05) is 26.0 Å². The van der Waals surface area contributed by atoms with Crippen LogP contribution in [0.5, 0.6) is 0 Å². The van der Waals surface area contributed by atoms with Gasteiger partial charge in [-0.2, -0.15) is 4.39 Å². The predicted molar refractivity (Wildman–Crippen MR) is 96.6 cm³/mol. The van der Waals surface area contributed by atoms with Gasteiger partial charge in [-0.15, -0.1) is 0 Å². The molecule has 1 aliphatic rings. The number of fused-ring (bicyclic) bond motifs is 1. The van der Waals surface area contributed by atoms with E-state index in [0.29, 0.717) is 11.3 Å². The number of hydrogen-bond acceptors (Lipinski definition) is 5. The zero-order valence-corrected chi connectivity index (χ0v) is 14.4. The van der Waals surface area contributed by atoms with Crippen molar-refractivity contribution in [3.8, 4) is 11.3 Å². The molecule has 134 valence electrons. The summed E-state index contributed by atoms with van der Waals surface area (Å²) in [6, 6.07) is 6.64. The van der Waals surface area contributed by atoms with E-state index in [2.05, 4.69) is 31.1 Å². The van der Waals surface area contributed by atoms with E-state index in [1.54, 1.807) is 12.3 Å². The molecule has 3 aromatic heterocycles. The summed E-state index contributed by atoms with van der Waals surface area (Å²) in [5.74, 6) is -0.447. The number of carbonyl (C=O) groups excluding carboxylic acids is 1. The van der Waals surface area contributed by atoms with Crippen LogP contribution in [0, 0.1) is 11.9 Å². The van der Waals surface area contributed by atoms with Gasteiger partial charge in [-0.05, 0) is 37.1 Å². The molecule has 7 nitrogen and oxygen atoms in total. The summed E-state index contributed by atoms with van der Waals surface area (Å²) in [7, 11) is 0. The maximum Gasteiger partial charge on any atom is 0.243 e. The minimum atomic E-state index is -0.522. The number of amides is 1. The van der Waals surface area contributed by atoms with Crippen molar-refractivity contribution in [1.82, 2.24) is 25.8 Å². The Morgan fingerprint density at radius 3 is 2.69 bits per heavy atom. The molecule has 0 spiro atoms. The van der Waals surface area contributed by atoms with Gasteiger partial charge in [0.1, 0.15) is 11.7 Å². The first-order valence-electron chi connectivity index (χ1n) is 8.44. The van der Waals surface area contributed by atoms with E-state index in [-0.39, 0.29) is 23.9 Å². The molecule has 3 aromatic rings. The lowest BCUT2D eigenvalue weighted by atomic mass is 9.97. The first-order chi connectivity index (χ1) is 12.5. The molecule has 0 bridgehead atoms. The van der Waals surface area contributed by atoms with Gasteiger partial charge in [-0.1, -0.05) is 6.92 Å². The smallest absolute Gasteiger partial charge is 0.243 e. The fourth-order valence-corrected chi connectivity index (χ4v) is 3.07. The maximum absolute atomic E-state index is 13.0. The van der Waals surface area contributed by atoms with Crippen molar-refractivity contribution < 1.29 is 9.18 Å². The van der Waals surface area contributed by atoms with Crippen molar-refractivity contribution in [2.75, 3.05) is 5.32 Å². The third-order valence-corrected chi connectivity index (χ3v) is 4.84. The van der Waals surface area contributed by atoms with Crippen LogP contribution < -0.4 is 16.2 Å². The summed E-state index contributed by atoms with van der Waals surface area (Å²) < 4.78 is 13.0. The van der Waals surface area contributed by atoms with Gasteiger partial charge in [0.15, 0.2) is 0 Å². The van der Waals surface area contributed by atoms with E-state index in [4.69, 9.17) is 0 Å². The second kappa shape index (κ2) is 6.47. The number of rotatable bonds is 3. The summed E-state index contributed by atoms with van der Waals surface area (Å²) in [6.07, 6.45) is 3.07. The Hall–Kier alpha value is -2.84. The number of halogens is 1. The van der Waals surface area contributed by atoms with Crippen LogP contribution in [0.4, 0.5) is 10.1 Å². The van der Waals surface area contributed by atoms with Crippen molar-refractivity contribution in [2.24, 2.45) is 5.92 Å². The first kappa shape index (κ1) is 16.6. The molecule has 8 heteroatoms. The van der Waals surface area contributed by atoms with E-state index < -0.39 is 5.95 Å². The summed E-state index contributed by atoms with van der Waals surface area (Å²) in [5.41, 5.74) is 8.95. The average molecular weight is 354 g/mol. The lowest BCUT2D eigenvalue weighted by Gasteiger charge is -2.15. The van der Waals surface area contributed by atoms with Crippen LogP contribution >= 0.6 is 0 Å². The third kappa shape index (κ3) is 3.04. The highest BCUT2D eigenvalue weighted by molar-refractivity contribution is 5.97. The number of hydrogen-bond donors (Lipinski definition) is 4. The minimum absolute atomic E-state index is 0.103. The van der Waals surface area contributed by atoms with Gasteiger partial charge in [0.25, 0.3) is 0 Å². The topological polar surface area (TPSA) is 94.7 Å². The molecule has 1 aliphatic heterocycles. The number of carbonyl (C=O) groups is 1. The Balaban J connectivity index is 1.56. The van der Waals surface area contributed by atoms with Crippen LogP contribution in [-0.2, 0) is 4.79 Å². The van der Waals surface area contributed by atoms with Crippen molar-refractivity contribution in [1.29, 1.82) is 0 Å². The molecule has 3 atom stereocenters. The van der Waals surface area contributed by atoms with Crippen LogP contribution in [-0.4, -0.2) is 32.9 Å². The molecule has 0 saturated carbocycles. The molecule has 26 heavy (non-hydrogen) atoms. The Kier molecular flexibility index (Phi) is 4.14. The Morgan fingerprint density at radius 1 is 1.15 bits per heavy atom. The number of nitrogens with zero attached hydrogens (tertiary/aromatic N) is 2. The molecule has 3 unspecified atom stereocenters. The molecule has 1 fully saturated rings. The zero-order chi connectivity index (χ0) is 18.3. The van der Waals surface area contributed by atoms with E-state index in [9.17, 15) is 9.18 Å². The van der Waals surface area contributed by atoms with E-state index in [1.165, 1.54) is 12.3 Å². The standard InChI is InChI=1S/C18H19FN6O/c1-9-10(2)24-25-16(9)18(26)22-13-5-12-6-14(23-17(12)21-8-13)11-3-4-15(19)20-7-11/h3-10,16,24-25H,1-2H3,(H,21,23)(H,22,26).